The van der Waals surface area contributed by atoms with E-state index in [4.69, 9.17) is 5.73 Å². The average molecular weight is 228 g/mol. The molecule has 1 aromatic heterocycles. The molecule has 0 radical (unpaired) electrons. The van der Waals surface area contributed by atoms with E-state index in [2.05, 4.69) is 42.0 Å². The third kappa shape index (κ3) is 2.36. The topological polar surface area (TPSA) is 55.0 Å². The number of anilines is 3. The number of aromatic nitrogens is 2. The highest BCUT2D eigenvalue weighted by Gasteiger charge is 2.09. The number of nitrogens with two attached hydrogens (primary N) is 1. The summed E-state index contributed by atoms with van der Waals surface area (Å²) in [6.07, 6.45) is 3.23. The lowest BCUT2D eigenvalue weighted by molar-refractivity contribution is 1.04. The standard InChI is InChI=1S/C13H16N4/c1-9-4-5-12(10(2)6-9)17(3)13-15-7-11(14)8-16-13/h4-8H,14H2,1-3H3. The van der Waals surface area contributed by atoms with Crippen LogP contribution in [0.1, 0.15) is 11.1 Å². The molecule has 2 aromatic rings. The molecule has 0 aliphatic rings. The van der Waals surface area contributed by atoms with Gasteiger partial charge >= 0.3 is 0 Å². The van der Waals surface area contributed by atoms with Gasteiger partial charge in [0.2, 0.25) is 5.95 Å². The monoisotopic (exact) mass is 228 g/mol. The number of benzene rings is 1. The molecule has 0 amide bonds. The van der Waals surface area contributed by atoms with Gasteiger partial charge in [-0.1, -0.05) is 17.7 Å². The Balaban J connectivity index is 2.36. The van der Waals surface area contributed by atoms with Crippen LogP contribution in [0, 0.1) is 13.8 Å². The summed E-state index contributed by atoms with van der Waals surface area (Å²) >= 11 is 0. The first-order chi connectivity index (χ1) is 8.08. The number of hydrogen-bond acceptors (Lipinski definition) is 4. The first-order valence-corrected chi connectivity index (χ1v) is 5.46. The zero-order chi connectivity index (χ0) is 12.4. The van der Waals surface area contributed by atoms with Gasteiger partial charge in [-0.2, -0.15) is 0 Å². The van der Waals surface area contributed by atoms with E-state index >= 15 is 0 Å². The van der Waals surface area contributed by atoms with Crippen LogP contribution in [0.2, 0.25) is 0 Å². The van der Waals surface area contributed by atoms with Crippen LogP contribution in [0.15, 0.2) is 30.6 Å². The summed E-state index contributed by atoms with van der Waals surface area (Å²) in [5.41, 5.74) is 9.69. The largest absolute Gasteiger partial charge is 0.396 e. The molecule has 88 valence electrons. The molecule has 0 spiro atoms. The zero-order valence-corrected chi connectivity index (χ0v) is 10.3. The van der Waals surface area contributed by atoms with Crippen molar-refractivity contribution >= 4 is 17.3 Å². The number of nitrogens with zero attached hydrogens (tertiary/aromatic N) is 3. The van der Waals surface area contributed by atoms with E-state index in [1.54, 1.807) is 12.4 Å². The molecule has 0 aliphatic heterocycles. The minimum Gasteiger partial charge on any atom is -0.396 e. The molecular weight excluding hydrogens is 212 g/mol. The second kappa shape index (κ2) is 4.41. The van der Waals surface area contributed by atoms with Crippen LogP contribution in [0.5, 0.6) is 0 Å². The van der Waals surface area contributed by atoms with Crippen molar-refractivity contribution in [2.24, 2.45) is 0 Å². The third-order valence-corrected chi connectivity index (χ3v) is 2.67. The highest BCUT2D eigenvalue weighted by Crippen LogP contribution is 2.24. The smallest absolute Gasteiger partial charge is 0.229 e. The van der Waals surface area contributed by atoms with E-state index in [1.165, 1.54) is 11.1 Å². The number of nitrogen functional groups attached to an aromatic ring is 1. The van der Waals surface area contributed by atoms with E-state index in [9.17, 15) is 0 Å². The fourth-order valence-electron chi connectivity index (χ4n) is 1.79. The van der Waals surface area contributed by atoms with Gasteiger partial charge in [-0.15, -0.1) is 0 Å². The summed E-state index contributed by atoms with van der Waals surface area (Å²) in [5.74, 6) is 0.645. The number of hydrogen-bond donors (Lipinski definition) is 1. The highest BCUT2D eigenvalue weighted by atomic mass is 15.2. The fourth-order valence-corrected chi connectivity index (χ4v) is 1.79. The Morgan fingerprint density at radius 1 is 1.12 bits per heavy atom. The quantitative estimate of drug-likeness (QED) is 0.857. The lowest BCUT2D eigenvalue weighted by Crippen LogP contribution is -2.14. The van der Waals surface area contributed by atoms with Crippen LogP contribution >= 0.6 is 0 Å². The molecule has 4 heteroatoms. The van der Waals surface area contributed by atoms with Gasteiger partial charge in [0.25, 0.3) is 0 Å². The van der Waals surface area contributed by atoms with Gasteiger partial charge in [-0.3, -0.25) is 0 Å². The van der Waals surface area contributed by atoms with E-state index in [-0.39, 0.29) is 0 Å². The highest BCUT2D eigenvalue weighted by molar-refractivity contribution is 5.61. The fraction of sp³-hybridized carbons (Fsp3) is 0.231. The molecule has 2 N–H and O–H groups in total. The molecule has 0 bridgehead atoms. The van der Waals surface area contributed by atoms with Gasteiger partial charge in [0, 0.05) is 12.7 Å². The molecule has 1 heterocycles. The molecule has 0 saturated heterocycles. The second-order valence-corrected chi connectivity index (χ2v) is 4.17. The molecule has 0 aliphatic carbocycles. The summed E-state index contributed by atoms with van der Waals surface area (Å²) in [4.78, 5) is 10.4. The lowest BCUT2D eigenvalue weighted by Gasteiger charge is -2.19. The Labute approximate surface area is 101 Å². The maximum atomic E-state index is 5.57. The Kier molecular flexibility index (Phi) is 2.95. The van der Waals surface area contributed by atoms with Crippen molar-refractivity contribution < 1.29 is 0 Å². The maximum absolute atomic E-state index is 5.57. The van der Waals surface area contributed by atoms with E-state index < -0.39 is 0 Å². The van der Waals surface area contributed by atoms with Gasteiger partial charge in [0.15, 0.2) is 0 Å². The Morgan fingerprint density at radius 2 is 1.76 bits per heavy atom. The summed E-state index contributed by atoms with van der Waals surface area (Å²) in [7, 11) is 1.95. The van der Waals surface area contributed by atoms with Crippen LogP contribution in [0.3, 0.4) is 0 Å². The Morgan fingerprint density at radius 3 is 2.35 bits per heavy atom. The lowest BCUT2D eigenvalue weighted by atomic mass is 10.1. The van der Waals surface area contributed by atoms with E-state index in [0.717, 1.165) is 5.69 Å². The third-order valence-electron chi connectivity index (χ3n) is 2.67. The van der Waals surface area contributed by atoms with Crippen LogP contribution in [0.4, 0.5) is 17.3 Å². The van der Waals surface area contributed by atoms with Gasteiger partial charge in [0.05, 0.1) is 18.1 Å². The van der Waals surface area contributed by atoms with Crippen molar-refractivity contribution in [3.63, 3.8) is 0 Å². The predicted molar refractivity (Wildman–Crippen MR) is 70.4 cm³/mol. The first-order valence-electron chi connectivity index (χ1n) is 5.46. The molecule has 17 heavy (non-hydrogen) atoms. The first kappa shape index (κ1) is 11.4. The summed E-state index contributed by atoms with van der Waals surface area (Å²) in [5, 5.41) is 0. The molecule has 1 aromatic carbocycles. The minimum absolute atomic E-state index is 0.572. The van der Waals surface area contributed by atoms with Gasteiger partial charge < -0.3 is 10.6 Å². The molecule has 4 nitrogen and oxygen atoms in total. The van der Waals surface area contributed by atoms with Crippen molar-refractivity contribution in [2.45, 2.75) is 13.8 Å². The van der Waals surface area contributed by atoms with Crippen LogP contribution in [0.25, 0.3) is 0 Å². The van der Waals surface area contributed by atoms with Crippen molar-refractivity contribution in [3.05, 3.63) is 41.7 Å². The van der Waals surface area contributed by atoms with E-state index in [0.29, 0.717) is 11.6 Å². The van der Waals surface area contributed by atoms with Gasteiger partial charge in [-0.25, -0.2) is 9.97 Å². The number of aryl methyl sites for hydroxylation is 2. The van der Waals surface area contributed by atoms with Gasteiger partial charge in [0.1, 0.15) is 0 Å². The molecular formula is C13H16N4. The summed E-state index contributed by atoms with van der Waals surface area (Å²) in [6, 6.07) is 6.30. The normalized spacial score (nSPS) is 10.3. The molecule has 0 atom stereocenters. The van der Waals surface area contributed by atoms with Gasteiger partial charge in [-0.05, 0) is 25.5 Å². The summed E-state index contributed by atoms with van der Waals surface area (Å²) in [6.45, 7) is 4.16. The van der Waals surface area contributed by atoms with Crippen LogP contribution in [-0.2, 0) is 0 Å². The molecule has 0 unspecified atom stereocenters. The predicted octanol–water partition coefficient (Wildman–Crippen LogP) is 2.44. The van der Waals surface area contributed by atoms with Crippen molar-refractivity contribution in [3.8, 4) is 0 Å². The average Bonchev–Trinajstić information content (AvgIpc) is 2.29. The SMILES string of the molecule is Cc1ccc(N(C)c2ncc(N)cn2)c(C)c1. The maximum Gasteiger partial charge on any atom is 0.229 e. The summed E-state index contributed by atoms with van der Waals surface area (Å²) < 4.78 is 0. The zero-order valence-electron chi connectivity index (χ0n) is 10.3. The molecule has 0 fully saturated rings. The number of rotatable bonds is 2. The van der Waals surface area contributed by atoms with E-state index in [1.807, 2.05) is 11.9 Å². The second-order valence-electron chi connectivity index (χ2n) is 4.17. The Bertz CT molecular complexity index is 519. The van der Waals surface area contributed by atoms with Crippen LogP contribution in [-0.4, -0.2) is 17.0 Å². The minimum atomic E-state index is 0.572. The van der Waals surface area contributed by atoms with Crippen LogP contribution < -0.4 is 10.6 Å². The Hall–Kier alpha value is -2.10. The van der Waals surface area contributed by atoms with Crippen molar-refractivity contribution in [2.75, 3.05) is 17.7 Å². The van der Waals surface area contributed by atoms with Crippen molar-refractivity contribution in [1.29, 1.82) is 0 Å². The molecule has 2 rings (SSSR count). The van der Waals surface area contributed by atoms with Crippen molar-refractivity contribution in [1.82, 2.24) is 9.97 Å². The molecule has 0 saturated carbocycles.